The topological polar surface area (TPSA) is 99.4 Å². The fraction of sp³-hybridized carbons (Fsp3) is 0.240. The van der Waals surface area contributed by atoms with Crippen LogP contribution in [-0.2, 0) is 9.53 Å². The van der Waals surface area contributed by atoms with Crippen molar-refractivity contribution in [3.05, 3.63) is 84.5 Å². The molecule has 0 bridgehead atoms. The first-order valence-electron chi connectivity index (χ1n) is 10.6. The fourth-order valence-corrected chi connectivity index (χ4v) is 4.94. The van der Waals surface area contributed by atoms with Crippen molar-refractivity contribution in [2.24, 2.45) is 4.99 Å². The third-order valence-electron chi connectivity index (χ3n) is 5.41. The minimum Gasteiger partial charge on any atom is -0.508 e. The summed E-state index contributed by atoms with van der Waals surface area (Å²) in [4.78, 5) is 31.6. The lowest BCUT2D eigenvalue weighted by molar-refractivity contribution is -0.139. The number of carbonyl (C=O) groups is 1. The van der Waals surface area contributed by atoms with Gasteiger partial charge in [-0.05, 0) is 55.3 Å². The molecule has 0 spiro atoms. The smallest absolute Gasteiger partial charge is 0.338 e. The molecule has 2 aromatic carbocycles. The van der Waals surface area contributed by atoms with Crippen LogP contribution in [0.2, 0.25) is 0 Å². The van der Waals surface area contributed by atoms with Gasteiger partial charge in [0, 0.05) is 0 Å². The molecule has 9 heteroatoms. The zero-order chi connectivity index (χ0) is 24.4. The maximum atomic E-state index is 13.6. The maximum absolute atomic E-state index is 13.6. The third kappa shape index (κ3) is 4.22. The summed E-state index contributed by atoms with van der Waals surface area (Å²) in [5.41, 5.74) is 1.78. The first kappa shape index (κ1) is 23.3. The first-order chi connectivity index (χ1) is 16.4. The zero-order valence-corrected chi connectivity index (χ0v) is 20.0. The van der Waals surface area contributed by atoms with E-state index >= 15 is 0 Å². The lowest BCUT2D eigenvalue weighted by atomic mass is 9.95. The number of allylic oxidation sites excluding steroid dienone is 1. The van der Waals surface area contributed by atoms with Crippen LogP contribution in [0.4, 0.5) is 0 Å². The highest BCUT2D eigenvalue weighted by Crippen LogP contribution is 2.36. The van der Waals surface area contributed by atoms with Gasteiger partial charge in [-0.25, -0.2) is 9.79 Å². The highest BCUT2D eigenvalue weighted by atomic mass is 32.1. The molecule has 0 amide bonds. The molecule has 1 N–H and O–H groups in total. The van der Waals surface area contributed by atoms with Gasteiger partial charge in [0.1, 0.15) is 5.75 Å². The van der Waals surface area contributed by atoms with Gasteiger partial charge in [-0.3, -0.25) is 9.36 Å². The van der Waals surface area contributed by atoms with Crippen LogP contribution in [0.15, 0.2) is 63.5 Å². The molecule has 2 heterocycles. The number of methoxy groups -OCH3 is 2. The molecule has 0 saturated heterocycles. The molecule has 8 nitrogen and oxygen atoms in total. The SMILES string of the molecule is CCOC(=O)C1=C(C)N=c2s/c(=C\c3cccc(O)c3)c(=O)n2[C@H]1c1ccc(OC)c(OC)c1. The van der Waals surface area contributed by atoms with Crippen molar-refractivity contribution in [3.63, 3.8) is 0 Å². The summed E-state index contributed by atoms with van der Waals surface area (Å²) in [5.74, 6) is 0.566. The monoisotopic (exact) mass is 480 g/mol. The van der Waals surface area contributed by atoms with Gasteiger partial charge in [0.05, 0.1) is 42.7 Å². The number of carbonyl (C=O) groups excluding carboxylic acids is 1. The second kappa shape index (κ2) is 9.56. The molecule has 0 saturated carbocycles. The number of thiazole rings is 1. The Kier molecular flexibility index (Phi) is 6.56. The van der Waals surface area contributed by atoms with Crippen LogP contribution < -0.4 is 24.4 Å². The summed E-state index contributed by atoms with van der Waals surface area (Å²) in [6, 6.07) is 11.1. The lowest BCUT2D eigenvalue weighted by Gasteiger charge is -2.25. The quantitative estimate of drug-likeness (QED) is 0.545. The second-order valence-electron chi connectivity index (χ2n) is 7.51. The Hall–Kier alpha value is -3.85. The average molecular weight is 481 g/mol. The van der Waals surface area contributed by atoms with Gasteiger partial charge >= 0.3 is 5.97 Å². The predicted octanol–water partition coefficient (Wildman–Crippen LogP) is 2.52. The molecule has 34 heavy (non-hydrogen) atoms. The van der Waals surface area contributed by atoms with E-state index in [2.05, 4.69) is 4.99 Å². The number of fused-ring (bicyclic) bond motifs is 1. The number of nitrogens with zero attached hydrogens (tertiary/aromatic N) is 2. The van der Waals surface area contributed by atoms with Crippen LogP contribution in [0.25, 0.3) is 6.08 Å². The Balaban J connectivity index is 1.97. The summed E-state index contributed by atoms with van der Waals surface area (Å²) in [6.45, 7) is 3.65. The van der Waals surface area contributed by atoms with Crippen LogP contribution in [0.1, 0.15) is 31.0 Å². The largest absolute Gasteiger partial charge is 0.508 e. The van der Waals surface area contributed by atoms with Gasteiger partial charge in [-0.2, -0.15) is 0 Å². The minimum atomic E-state index is -0.763. The van der Waals surface area contributed by atoms with Crippen molar-refractivity contribution >= 4 is 23.4 Å². The van der Waals surface area contributed by atoms with Crippen LogP contribution in [0.5, 0.6) is 17.2 Å². The number of phenolic OH excluding ortho intramolecular Hbond substituents is 1. The summed E-state index contributed by atoms with van der Waals surface area (Å²) in [6.07, 6.45) is 1.69. The number of aromatic hydroxyl groups is 1. The number of esters is 1. The van der Waals surface area contributed by atoms with E-state index in [0.717, 1.165) is 0 Å². The van der Waals surface area contributed by atoms with E-state index in [4.69, 9.17) is 14.2 Å². The molecule has 0 aliphatic carbocycles. The van der Waals surface area contributed by atoms with E-state index in [1.165, 1.54) is 30.1 Å². The van der Waals surface area contributed by atoms with Crippen molar-refractivity contribution < 1.29 is 24.1 Å². The number of benzene rings is 2. The molecule has 1 aromatic heterocycles. The molecule has 1 atom stereocenters. The number of hydrogen-bond donors (Lipinski definition) is 1. The standard InChI is InChI=1S/C25H24N2O6S/c1-5-33-24(30)21-14(2)26-25-27(22(21)16-9-10-18(31-3)19(13-16)32-4)23(29)20(34-25)12-15-7-6-8-17(28)11-15/h6-13,22,28H,5H2,1-4H3/b20-12-/t22-/m0/s1. The minimum absolute atomic E-state index is 0.102. The molecular formula is C25H24N2O6S. The maximum Gasteiger partial charge on any atom is 0.338 e. The van der Waals surface area contributed by atoms with Gasteiger partial charge in [0.15, 0.2) is 16.3 Å². The summed E-state index contributed by atoms with van der Waals surface area (Å²) in [5, 5.41) is 9.79. The molecule has 0 radical (unpaired) electrons. The Morgan fingerprint density at radius 1 is 1.18 bits per heavy atom. The zero-order valence-electron chi connectivity index (χ0n) is 19.2. The van der Waals surface area contributed by atoms with Crippen molar-refractivity contribution in [3.8, 4) is 17.2 Å². The number of aromatic nitrogens is 1. The Labute approximate surface area is 199 Å². The fourth-order valence-electron chi connectivity index (χ4n) is 3.90. The van der Waals surface area contributed by atoms with E-state index in [9.17, 15) is 14.7 Å². The lowest BCUT2D eigenvalue weighted by Crippen LogP contribution is -2.39. The summed E-state index contributed by atoms with van der Waals surface area (Å²) < 4.78 is 18.0. The Morgan fingerprint density at radius 3 is 2.62 bits per heavy atom. The molecule has 4 rings (SSSR count). The van der Waals surface area contributed by atoms with Crippen molar-refractivity contribution in [1.29, 1.82) is 0 Å². The van der Waals surface area contributed by atoms with Gasteiger partial charge in [0.25, 0.3) is 5.56 Å². The van der Waals surface area contributed by atoms with Crippen LogP contribution in [0.3, 0.4) is 0 Å². The van der Waals surface area contributed by atoms with Crippen LogP contribution in [-0.4, -0.2) is 36.5 Å². The van der Waals surface area contributed by atoms with Gasteiger partial charge in [-0.15, -0.1) is 0 Å². The van der Waals surface area contributed by atoms with Crippen LogP contribution >= 0.6 is 11.3 Å². The molecule has 1 aliphatic rings. The highest BCUT2D eigenvalue weighted by molar-refractivity contribution is 7.07. The number of rotatable bonds is 6. The number of hydrogen-bond acceptors (Lipinski definition) is 8. The van der Waals surface area contributed by atoms with Crippen LogP contribution in [0, 0.1) is 0 Å². The summed E-state index contributed by atoms with van der Waals surface area (Å²) >= 11 is 1.21. The van der Waals surface area contributed by atoms with Gasteiger partial charge in [-0.1, -0.05) is 29.5 Å². The van der Waals surface area contributed by atoms with Gasteiger partial charge in [0.2, 0.25) is 0 Å². The third-order valence-corrected chi connectivity index (χ3v) is 6.39. The second-order valence-corrected chi connectivity index (χ2v) is 8.52. The van der Waals surface area contributed by atoms with Crippen molar-refractivity contribution in [2.75, 3.05) is 20.8 Å². The molecule has 0 unspecified atom stereocenters. The van der Waals surface area contributed by atoms with E-state index < -0.39 is 12.0 Å². The molecular weight excluding hydrogens is 456 g/mol. The van der Waals surface area contributed by atoms with Crippen molar-refractivity contribution in [1.82, 2.24) is 4.57 Å². The predicted molar refractivity (Wildman–Crippen MR) is 128 cm³/mol. The van der Waals surface area contributed by atoms with E-state index in [0.29, 0.717) is 37.7 Å². The van der Waals surface area contributed by atoms with Gasteiger partial charge < -0.3 is 19.3 Å². The van der Waals surface area contributed by atoms with E-state index in [-0.39, 0.29) is 23.5 Å². The Morgan fingerprint density at radius 2 is 1.94 bits per heavy atom. The van der Waals surface area contributed by atoms with E-state index in [1.807, 2.05) is 0 Å². The number of ether oxygens (including phenoxy) is 3. The molecule has 0 fully saturated rings. The summed E-state index contributed by atoms with van der Waals surface area (Å²) in [7, 11) is 3.06. The van der Waals surface area contributed by atoms with E-state index in [1.54, 1.807) is 62.4 Å². The first-order valence-corrected chi connectivity index (χ1v) is 11.4. The molecule has 1 aliphatic heterocycles. The van der Waals surface area contributed by atoms with Crippen molar-refractivity contribution in [2.45, 2.75) is 19.9 Å². The molecule has 176 valence electrons. The average Bonchev–Trinajstić information content (AvgIpc) is 3.12. The normalized spacial score (nSPS) is 15.5. The number of phenols is 1. The highest BCUT2D eigenvalue weighted by Gasteiger charge is 2.33. The molecule has 3 aromatic rings. The Bertz CT molecular complexity index is 1470.